The number of hydrogen-bond donors (Lipinski definition) is 1. The predicted molar refractivity (Wildman–Crippen MR) is 86.3 cm³/mol. The fourth-order valence-corrected chi connectivity index (χ4v) is 2.33. The second kappa shape index (κ2) is 8.99. The van der Waals surface area contributed by atoms with Gasteiger partial charge in [0.1, 0.15) is 0 Å². The number of amides is 1. The standard InChI is InChI=1S/C18H20N2O4.Na/c1-11-4-6-13(7-5-11)17(22)15-9-8-14(20(15)3)10-16(21)19-12(2)18(23)24;/h4-9,12H,10H2,1-3H3,(H,19,21)(H,23,24);/q;+1/p-1/t12-;/m0./s1. The van der Waals surface area contributed by atoms with E-state index < -0.39 is 17.9 Å². The SMILES string of the molecule is Cc1ccc(C(=O)c2ccc(CC(=O)N[C@@H](C)C(=O)[O-])n2C)cc1.[Na+]. The van der Waals surface area contributed by atoms with Gasteiger partial charge in [-0.2, -0.15) is 0 Å². The van der Waals surface area contributed by atoms with E-state index in [-0.39, 0.29) is 41.8 Å². The zero-order valence-electron chi connectivity index (χ0n) is 14.8. The van der Waals surface area contributed by atoms with Gasteiger partial charge in [-0.15, -0.1) is 0 Å². The molecular formula is C18H19N2NaO4. The zero-order valence-corrected chi connectivity index (χ0v) is 16.8. The number of rotatable bonds is 6. The maximum Gasteiger partial charge on any atom is 1.00 e. The topological polar surface area (TPSA) is 91.2 Å². The van der Waals surface area contributed by atoms with Crippen molar-refractivity contribution in [3.8, 4) is 0 Å². The van der Waals surface area contributed by atoms with Gasteiger partial charge in [-0.3, -0.25) is 9.59 Å². The van der Waals surface area contributed by atoms with E-state index in [1.54, 1.807) is 35.9 Å². The molecule has 0 bridgehead atoms. The molecule has 6 nitrogen and oxygen atoms in total. The van der Waals surface area contributed by atoms with E-state index in [0.29, 0.717) is 17.0 Å². The quantitative estimate of drug-likeness (QED) is 0.456. The van der Waals surface area contributed by atoms with Gasteiger partial charge in [0.15, 0.2) is 0 Å². The fraction of sp³-hybridized carbons (Fsp3) is 0.278. The summed E-state index contributed by atoms with van der Waals surface area (Å²) in [5.41, 5.74) is 2.73. The van der Waals surface area contributed by atoms with Gasteiger partial charge in [0.2, 0.25) is 11.7 Å². The number of benzene rings is 1. The van der Waals surface area contributed by atoms with Crippen molar-refractivity contribution in [2.45, 2.75) is 26.3 Å². The molecule has 0 spiro atoms. The summed E-state index contributed by atoms with van der Waals surface area (Å²) in [4.78, 5) is 35.1. The van der Waals surface area contributed by atoms with Crippen LogP contribution in [0.25, 0.3) is 0 Å². The van der Waals surface area contributed by atoms with Gasteiger partial charge in [-0.1, -0.05) is 29.8 Å². The minimum Gasteiger partial charge on any atom is -0.548 e. The van der Waals surface area contributed by atoms with Crippen molar-refractivity contribution < 1.29 is 49.0 Å². The van der Waals surface area contributed by atoms with Gasteiger partial charge in [0, 0.05) is 18.3 Å². The summed E-state index contributed by atoms with van der Waals surface area (Å²) < 4.78 is 1.64. The zero-order chi connectivity index (χ0) is 17.9. The molecule has 0 saturated carbocycles. The Morgan fingerprint density at radius 2 is 1.72 bits per heavy atom. The number of carbonyl (C=O) groups is 3. The Kier molecular flexibility index (Phi) is 7.60. The second-order valence-electron chi connectivity index (χ2n) is 5.75. The molecule has 0 saturated heterocycles. The van der Waals surface area contributed by atoms with Crippen LogP contribution in [0.5, 0.6) is 0 Å². The van der Waals surface area contributed by atoms with Gasteiger partial charge >= 0.3 is 29.6 Å². The van der Waals surface area contributed by atoms with E-state index in [1.807, 2.05) is 19.1 Å². The van der Waals surface area contributed by atoms with Gasteiger partial charge in [-0.25, -0.2) is 0 Å². The average Bonchev–Trinajstić information content (AvgIpc) is 2.88. The molecule has 1 heterocycles. The Bertz CT molecular complexity index is 781. The molecule has 25 heavy (non-hydrogen) atoms. The average molecular weight is 350 g/mol. The molecule has 0 aliphatic rings. The van der Waals surface area contributed by atoms with E-state index in [2.05, 4.69) is 5.32 Å². The first-order chi connectivity index (χ1) is 11.3. The molecule has 1 amide bonds. The molecule has 126 valence electrons. The maximum atomic E-state index is 12.5. The first-order valence-corrected chi connectivity index (χ1v) is 7.55. The van der Waals surface area contributed by atoms with Crippen LogP contribution in [0.4, 0.5) is 0 Å². The molecule has 0 aliphatic heterocycles. The molecular weight excluding hydrogens is 331 g/mol. The number of carbonyl (C=O) groups excluding carboxylic acids is 3. The van der Waals surface area contributed by atoms with E-state index >= 15 is 0 Å². The smallest absolute Gasteiger partial charge is 0.548 e. The van der Waals surface area contributed by atoms with Crippen molar-refractivity contribution in [3.05, 3.63) is 58.9 Å². The van der Waals surface area contributed by atoms with Gasteiger partial charge in [0.25, 0.3) is 0 Å². The van der Waals surface area contributed by atoms with Crippen molar-refractivity contribution in [3.63, 3.8) is 0 Å². The number of aryl methyl sites for hydroxylation is 1. The Morgan fingerprint density at radius 3 is 2.28 bits per heavy atom. The van der Waals surface area contributed by atoms with Crippen LogP contribution in [0.2, 0.25) is 0 Å². The summed E-state index contributed by atoms with van der Waals surface area (Å²) in [7, 11) is 1.70. The molecule has 1 atom stereocenters. The summed E-state index contributed by atoms with van der Waals surface area (Å²) in [6.07, 6.45) is -0.0186. The van der Waals surface area contributed by atoms with Crippen molar-refractivity contribution in [2.24, 2.45) is 7.05 Å². The summed E-state index contributed by atoms with van der Waals surface area (Å²) in [5.74, 6) is -1.92. The number of hydrogen-bond acceptors (Lipinski definition) is 4. The Hall–Kier alpha value is -1.89. The molecule has 1 N–H and O–H groups in total. The van der Waals surface area contributed by atoms with E-state index in [4.69, 9.17) is 0 Å². The van der Waals surface area contributed by atoms with Crippen LogP contribution in [0.15, 0.2) is 36.4 Å². The fourth-order valence-electron chi connectivity index (χ4n) is 2.33. The Labute approximate surface area is 168 Å². The minimum atomic E-state index is -1.34. The summed E-state index contributed by atoms with van der Waals surface area (Å²) >= 11 is 0. The minimum absolute atomic E-state index is 0. The van der Waals surface area contributed by atoms with Crippen molar-refractivity contribution in [2.75, 3.05) is 0 Å². The van der Waals surface area contributed by atoms with Crippen LogP contribution in [0.1, 0.15) is 34.2 Å². The van der Waals surface area contributed by atoms with Crippen molar-refractivity contribution >= 4 is 17.7 Å². The number of ketones is 1. The van der Waals surface area contributed by atoms with Gasteiger partial charge in [0.05, 0.1) is 24.1 Å². The molecule has 2 aromatic rings. The van der Waals surface area contributed by atoms with E-state index in [1.165, 1.54) is 6.92 Å². The third-order valence-corrected chi connectivity index (χ3v) is 3.84. The Morgan fingerprint density at radius 1 is 1.12 bits per heavy atom. The molecule has 0 fully saturated rings. The summed E-state index contributed by atoms with van der Waals surface area (Å²) in [6.45, 7) is 3.28. The number of nitrogens with one attached hydrogen (secondary N) is 1. The van der Waals surface area contributed by atoms with Crippen LogP contribution in [0, 0.1) is 6.92 Å². The van der Waals surface area contributed by atoms with Crippen LogP contribution in [-0.2, 0) is 23.1 Å². The predicted octanol–water partition coefficient (Wildman–Crippen LogP) is -2.63. The largest absolute Gasteiger partial charge is 1.00 e. The maximum absolute atomic E-state index is 12.5. The number of nitrogens with zero attached hydrogens (tertiary/aromatic N) is 1. The van der Waals surface area contributed by atoms with Crippen molar-refractivity contribution in [1.82, 2.24) is 9.88 Å². The van der Waals surface area contributed by atoms with E-state index in [0.717, 1.165) is 5.56 Å². The first kappa shape index (κ1) is 21.2. The van der Waals surface area contributed by atoms with E-state index in [9.17, 15) is 19.5 Å². The third kappa shape index (κ3) is 5.29. The molecule has 1 aromatic heterocycles. The first-order valence-electron chi connectivity index (χ1n) is 7.55. The van der Waals surface area contributed by atoms with Crippen LogP contribution in [0.3, 0.4) is 0 Å². The molecule has 2 rings (SSSR count). The summed E-state index contributed by atoms with van der Waals surface area (Å²) in [5, 5.41) is 13.0. The number of carboxylic acid groups (broad SMARTS) is 1. The number of aliphatic carboxylic acids is 1. The molecule has 0 aliphatic carbocycles. The van der Waals surface area contributed by atoms with Crippen LogP contribution >= 0.6 is 0 Å². The molecule has 0 radical (unpaired) electrons. The van der Waals surface area contributed by atoms with Gasteiger partial charge in [-0.05, 0) is 26.0 Å². The summed E-state index contributed by atoms with van der Waals surface area (Å²) in [6, 6.07) is 9.54. The van der Waals surface area contributed by atoms with Crippen LogP contribution in [-0.4, -0.2) is 28.3 Å². The number of aromatic nitrogens is 1. The molecule has 7 heteroatoms. The van der Waals surface area contributed by atoms with Gasteiger partial charge < -0.3 is 19.8 Å². The third-order valence-electron chi connectivity index (χ3n) is 3.84. The molecule has 1 aromatic carbocycles. The second-order valence-corrected chi connectivity index (χ2v) is 5.75. The van der Waals surface area contributed by atoms with Crippen molar-refractivity contribution in [1.29, 1.82) is 0 Å². The normalized spacial score (nSPS) is 11.3. The monoisotopic (exact) mass is 350 g/mol. The number of carboxylic acids is 1. The Balaban J connectivity index is 0.00000312. The molecule has 0 unspecified atom stereocenters. The van der Waals surface area contributed by atoms with Crippen LogP contribution < -0.4 is 40.0 Å².